The monoisotopic (exact) mass is 332 g/mol. The molecule has 128 valence electrons. The van der Waals surface area contributed by atoms with Crippen LogP contribution in [0.5, 0.6) is 0 Å². The molecule has 3 rings (SSSR count). The Bertz CT molecular complexity index is 873. The summed E-state index contributed by atoms with van der Waals surface area (Å²) in [6.07, 6.45) is 0. The number of benzene rings is 2. The lowest BCUT2D eigenvalue weighted by Gasteiger charge is -2.22. The Morgan fingerprint density at radius 1 is 0.880 bits per heavy atom. The van der Waals surface area contributed by atoms with E-state index in [-0.39, 0.29) is 0 Å². The Morgan fingerprint density at radius 3 is 2.28 bits per heavy atom. The Balaban J connectivity index is 1.95. The zero-order chi connectivity index (χ0) is 17.8. The maximum atomic E-state index is 4.74. The van der Waals surface area contributed by atoms with Gasteiger partial charge in [-0.25, -0.2) is 4.98 Å². The first kappa shape index (κ1) is 17.0. The van der Waals surface area contributed by atoms with Gasteiger partial charge in [0.15, 0.2) is 0 Å². The van der Waals surface area contributed by atoms with Crippen LogP contribution in [0.3, 0.4) is 0 Å². The van der Waals surface area contributed by atoms with E-state index in [1.54, 1.807) is 0 Å². The third-order valence-corrected chi connectivity index (χ3v) is 4.00. The minimum absolute atomic E-state index is 0.711. The van der Waals surface area contributed by atoms with Crippen molar-refractivity contribution in [2.75, 3.05) is 16.8 Å². The molecule has 0 saturated heterocycles. The van der Waals surface area contributed by atoms with Crippen LogP contribution >= 0.6 is 0 Å². The van der Waals surface area contributed by atoms with E-state index in [1.165, 1.54) is 11.1 Å². The highest BCUT2D eigenvalue weighted by atomic mass is 15.3. The van der Waals surface area contributed by atoms with Crippen molar-refractivity contribution in [1.82, 2.24) is 9.97 Å². The third-order valence-electron chi connectivity index (χ3n) is 4.00. The summed E-state index contributed by atoms with van der Waals surface area (Å²) in [6.45, 7) is 9.09. The molecule has 0 radical (unpaired) electrons. The lowest BCUT2D eigenvalue weighted by atomic mass is 10.2. The van der Waals surface area contributed by atoms with Crippen LogP contribution in [0, 0.1) is 20.8 Å². The first-order valence-electron chi connectivity index (χ1n) is 8.59. The number of aromatic nitrogens is 2. The van der Waals surface area contributed by atoms with Gasteiger partial charge in [-0.15, -0.1) is 0 Å². The van der Waals surface area contributed by atoms with Crippen molar-refractivity contribution < 1.29 is 0 Å². The topological polar surface area (TPSA) is 41.1 Å². The van der Waals surface area contributed by atoms with Crippen LogP contribution in [0.4, 0.5) is 23.1 Å². The van der Waals surface area contributed by atoms with Gasteiger partial charge < -0.3 is 10.2 Å². The molecule has 1 N–H and O–H groups in total. The fraction of sp³-hybridized carbons (Fsp3) is 0.238. The predicted octanol–water partition coefficient (Wildman–Crippen LogP) is 5.30. The molecule has 0 saturated carbocycles. The molecule has 0 atom stereocenters. The summed E-state index contributed by atoms with van der Waals surface area (Å²) in [5.41, 5.74) is 5.51. The van der Waals surface area contributed by atoms with Crippen molar-refractivity contribution in [2.24, 2.45) is 0 Å². The maximum Gasteiger partial charge on any atom is 0.232 e. The second-order valence-electron chi connectivity index (χ2n) is 6.27. The van der Waals surface area contributed by atoms with E-state index in [4.69, 9.17) is 4.98 Å². The first-order chi connectivity index (χ1) is 12.0. The Kier molecular flexibility index (Phi) is 4.98. The average molecular weight is 332 g/mol. The molecule has 0 bridgehead atoms. The van der Waals surface area contributed by atoms with E-state index >= 15 is 0 Å². The maximum absolute atomic E-state index is 4.74. The van der Waals surface area contributed by atoms with Gasteiger partial charge in [-0.2, -0.15) is 4.98 Å². The Morgan fingerprint density at radius 2 is 1.60 bits per heavy atom. The number of hydrogen-bond donors (Lipinski definition) is 1. The third kappa shape index (κ3) is 4.15. The van der Waals surface area contributed by atoms with Gasteiger partial charge in [0.1, 0.15) is 5.82 Å². The highest BCUT2D eigenvalue weighted by molar-refractivity contribution is 5.62. The number of hydrogen-bond acceptors (Lipinski definition) is 4. The molecular weight excluding hydrogens is 308 g/mol. The molecule has 1 aromatic heterocycles. The lowest BCUT2D eigenvalue weighted by molar-refractivity contribution is 0.935. The zero-order valence-electron chi connectivity index (χ0n) is 15.2. The van der Waals surface area contributed by atoms with E-state index in [1.807, 2.05) is 25.1 Å². The second kappa shape index (κ2) is 7.34. The molecule has 0 aliphatic rings. The van der Waals surface area contributed by atoms with Crippen molar-refractivity contribution in [3.05, 3.63) is 71.4 Å². The predicted molar refractivity (Wildman–Crippen MR) is 105 cm³/mol. The van der Waals surface area contributed by atoms with Crippen molar-refractivity contribution in [3.8, 4) is 0 Å². The molecule has 1 heterocycles. The second-order valence-corrected chi connectivity index (χ2v) is 6.27. The molecule has 25 heavy (non-hydrogen) atoms. The number of anilines is 4. The van der Waals surface area contributed by atoms with E-state index in [0.29, 0.717) is 5.95 Å². The first-order valence-corrected chi connectivity index (χ1v) is 8.59. The number of rotatable bonds is 5. The lowest BCUT2D eigenvalue weighted by Crippen LogP contribution is -2.19. The van der Waals surface area contributed by atoms with Crippen LogP contribution in [-0.4, -0.2) is 16.5 Å². The summed E-state index contributed by atoms with van der Waals surface area (Å²) in [5.74, 6) is 1.52. The van der Waals surface area contributed by atoms with Gasteiger partial charge in [0, 0.05) is 29.7 Å². The van der Waals surface area contributed by atoms with Crippen molar-refractivity contribution in [1.29, 1.82) is 0 Å². The van der Waals surface area contributed by atoms with Crippen LogP contribution < -0.4 is 10.2 Å². The number of aryl methyl sites for hydroxylation is 3. The van der Waals surface area contributed by atoms with E-state index in [2.05, 4.69) is 72.4 Å². The Labute approximate surface area is 149 Å². The van der Waals surface area contributed by atoms with E-state index in [9.17, 15) is 0 Å². The largest absolute Gasteiger partial charge is 0.340 e. The van der Waals surface area contributed by atoms with Crippen LogP contribution in [0.25, 0.3) is 0 Å². The van der Waals surface area contributed by atoms with Gasteiger partial charge in [-0.1, -0.05) is 24.3 Å². The molecular formula is C21H24N4. The molecule has 0 unspecified atom stereocenters. The van der Waals surface area contributed by atoms with Crippen molar-refractivity contribution >= 4 is 23.1 Å². The molecule has 4 heteroatoms. The minimum atomic E-state index is 0.711. The highest BCUT2D eigenvalue weighted by Gasteiger charge is 2.12. The molecule has 0 aliphatic heterocycles. The number of nitrogens with one attached hydrogen (secondary N) is 1. The molecule has 0 amide bonds. The normalized spacial score (nSPS) is 10.6. The summed E-state index contributed by atoms with van der Waals surface area (Å²) in [4.78, 5) is 11.5. The molecule has 4 nitrogen and oxygen atoms in total. The zero-order valence-corrected chi connectivity index (χ0v) is 15.2. The molecule has 0 aliphatic carbocycles. The van der Waals surface area contributed by atoms with E-state index in [0.717, 1.165) is 29.4 Å². The molecule has 3 aromatic rings. The summed E-state index contributed by atoms with van der Waals surface area (Å²) < 4.78 is 0. The Hall–Kier alpha value is -2.88. The van der Waals surface area contributed by atoms with Gasteiger partial charge in [0.2, 0.25) is 5.95 Å². The number of nitrogens with zero attached hydrogens (tertiary/aromatic N) is 3. The minimum Gasteiger partial charge on any atom is -0.340 e. The summed E-state index contributed by atoms with van der Waals surface area (Å²) in [7, 11) is 0. The van der Waals surface area contributed by atoms with Gasteiger partial charge in [-0.05, 0) is 63.1 Å². The molecule has 0 fully saturated rings. The molecule has 0 spiro atoms. The summed E-state index contributed by atoms with van der Waals surface area (Å²) >= 11 is 0. The fourth-order valence-corrected chi connectivity index (χ4v) is 2.84. The molecule has 2 aromatic carbocycles. The van der Waals surface area contributed by atoms with Gasteiger partial charge in [0.05, 0.1) is 0 Å². The van der Waals surface area contributed by atoms with Crippen molar-refractivity contribution in [2.45, 2.75) is 27.7 Å². The van der Waals surface area contributed by atoms with E-state index < -0.39 is 0 Å². The smallest absolute Gasteiger partial charge is 0.232 e. The van der Waals surface area contributed by atoms with Crippen LogP contribution in [0.2, 0.25) is 0 Å². The quantitative estimate of drug-likeness (QED) is 0.688. The van der Waals surface area contributed by atoms with Gasteiger partial charge in [-0.3, -0.25) is 0 Å². The van der Waals surface area contributed by atoms with Crippen LogP contribution in [0.15, 0.2) is 54.6 Å². The van der Waals surface area contributed by atoms with Gasteiger partial charge in [0.25, 0.3) is 0 Å². The standard InChI is InChI=1S/C21H24N4/c1-5-25(19-11-7-9-16(3)13-19)21-22-17(4)14-20(24-21)23-18-10-6-8-15(2)12-18/h6-14H,5H2,1-4H3,(H,22,23,24). The highest BCUT2D eigenvalue weighted by Crippen LogP contribution is 2.25. The fourth-order valence-electron chi connectivity index (χ4n) is 2.84. The summed E-state index contributed by atoms with van der Waals surface area (Å²) in [6, 6.07) is 18.6. The SMILES string of the molecule is CCN(c1cccc(C)c1)c1nc(C)cc(Nc2cccc(C)c2)n1. The van der Waals surface area contributed by atoms with Crippen LogP contribution in [0.1, 0.15) is 23.7 Å². The summed E-state index contributed by atoms with van der Waals surface area (Å²) in [5, 5.41) is 3.39. The van der Waals surface area contributed by atoms with Gasteiger partial charge >= 0.3 is 0 Å². The van der Waals surface area contributed by atoms with Crippen molar-refractivity contribution in [3.63, 3.8) is 0 Å². The van der Waals surface area contributed by atoms with Crippen LogP contribution in [-0.2, 0) is 0 Å². The average Bonchev–Trinajstić information content (AvgIpc) is 2.55.